The van der Waals surface area contributed by atoms with Crippen molar-refractivity contribution in [2.75, 3.05) is 53.4 Å². The van der Waals surface area contributed by atoms with E-state index in [1.165, 1.54) is 12.1 Å². The Labute approximate surface area is 225 Å². The molecule has 0 aliphatic carbocycles. The number of hydrogen-bond acceptors (Lipinski definition) is 6. The van der Waals surface area contributed by atoms with Crippen LogP contribution < -0.4 is 10.7 Å². The highest BCUT2D eigenvalue weighted by Gasteiger charge is 2.34. The maximum absolute atomic E-state index is 13.7. The molecule has 202 valence electrons. The summed E-state index contributed by atoms with van der Waals surface area (Å²) in [5.41, 5.74) is 5.84. The van der Waals surface area contributed by atoms with Crippen LogP contribution in [-0.2, 0) is 12.7 Å². The van der Waals surface area contributed by atoms with Crippen molar-refractivity contribution in [3.8, 4) is 0 Å². The summed E-state index contributed by atoms with van der Waals surface area (Å²) in [5, 5.41) is 5.42. The molecule has 3 aliphatic heterocycles. The van der Waals surface area contributed by atoms with E-state index in [1.54, 1.807) is 0 Å². The van der Waals surface area contributed by atoms with Crippen LogP contribution >= 0.6 is 11.6 Å². The predicted molar refractivity (Wildman–Crippen MR) is 141 cm³/mol. The first-order valence-electron chi connectivity index (χ1n) is 12.5. The van der Waals surface area contributed by atoms with Crippen LogP contribution in [0.4, 0.5) is 13.2 Å². The Morgan fingerprint density at radius 1 is 1.00 bits per heavy atom. The molecule has 3 aliphatic rings. The molecule has 1 amide bonds. The van der Waals surface area contributed by atoms with Gasteiger partial charge in [0.05, 0.1) is 17.0 Å². The topological polar surface area (TPSA) is 54.1 Å². The van der Waals surface area contributed by atoms with Crippen LogP contribution in [0.5, 0.6) is 0 Å². The van der Waals surface area contributed by atoms with E-state index in [0.29, 0.717) is 31.7 Å². The molecule has 0 radical (unpaired) electrons. The zero-order valence-electron chi connectivity index (χ0n) is 21.3. The largest absolute Gasteiger partial charge is 0.416 e. The highest BCUT2D eigenvalue weighted by molar-refractivity contribution is 6.30. The molecular formula is C27H30ClF3N6O. The number of piperazine rings is 1. The number of allylic oxidation sites excluding steroid dienone is 1. The lowest BCUT2D eigenvalue weighted by molar-refractivity contribution is -0.138. The van der Waals surface area contributed by atoms with Gasteiger partial charge in [0.2, 0.25) is 0 Å². The second kappa shape index (κ2) is 10.4. The summed E-state index contributed by atoms with van der Waals surface area (Å²) in [4.78, 5) is 18.9. The number of hydrogen-bond donors (Lipinski definition) is 2. The minimum Gasteiger partial charge on any atom is -0.367 e. The summed E-state index contributed by atoms with van der Waals surface area (Å²) in [5.74, 6) is 0.739. The Morgan fingerprint density at radius 2 is 1.71 bits per heavy atom. The SMILES string of the molecule is CN1CCN(C(=O)c2ccc(C3=CC4=C(NCCN4Cc4cc(Cl)ccc4C(F)(F)F)NN3C)cc2)CC1. The van der Waals surface area contributed by atoms with Gasteiger partial charge < -0.3 is 20.0 Å². The number of halogens is 4. The molecular weight excluding hydrogens is 517 g/mol. The van der Waals surface area contributed by atoms with Gasteiger partial charge in [0.15, 0.2) is 0 Å². The monoisotopic (exact) mass is 546 g/mol. The fraction of sp³-hybridized carbons (Fsp3) is 0.370. The third-order valence-corrected chi connectivity index (χ3v) is 7.38. The van der Waals surface area contributed by atoms with E-state index >= 15 is 0 Å². The second-order valence-corrected chi connectivity index (χ2v) is 10.2. The van der Waals surface area contributed by atoms with Gasteiger partial charge in [-0.2, -0.15) is 13.2 Å². The first kappa shape index (κ1) is 26.2. The molecule has 0 unspecified atom stereocenters. The summed E-state index contributed by atoms with van der Waals surface area (Å²) in [7, 11) is 3.92. The number of nitrogens with zero attached hydrogens (tertiary/aromatic N) is 4. The van der Waals surface area contributed by atoms with Crippen LogP contribution in [0.15, 0.2) is 60.1 Å². The lowest BCUT2D eigenvalue weighted by Crippen LogP contribution is -2.49. The molecule has 0 atom stereocenters. The number of hydrazine groups is 1. The average Bonchev–Trinajstić information content (AvgIpc) is 2.88. The molecule has 2 aromatic rings. The number of nitrogens with one attached hydrogen (secondary N) is 2. The van der Waals surface area contributed by atoms with E-state index in [1.807, 2.05) is 59.2 Å². The molecule has 3 heterocycles. The average molecular weight is 547 g/mol. The number of rotatable bonds is 4. The van der Waals surface area contributed by atoms with Crippen molar-refractivity contribution in [1.29, 1.82) is 0 Å². The fourth-order valence-corrected chi connectivity index (χ4v) is 5.19. The van der Waals surface area contributed by atoms with E-state index in [4.69, 9.17) is 11.6 Å². The Morgan fingerprint density at radius 3 is 2.39 bits per heavy atom. The second-order valence-electron chi connectivity index (χ2n) is 9.78. The van der Waals surface area contributed by atoms with E-state index in [-0.39, 0.29) is 23.0 Å². The summed E-state index contributed by atoms with van der Waals surface area (Å²) >= 11 is 6.06. The van der Waals surface area contributed by atoms with E-state index < -0.39 is 11.7 Å². The van der Waals surface area contributed by atoms with Crippen LogP contribution in [0.3, 0.4) is 0 Å². The number of amides is 1. The maximum atomic E-state index is 13.7. The normalized spacial score (nSPS) is 18.6. The molecule has 0 spiro atoms. The Hall–Kier alpha value is -3.37. The molecule has 1 saturated heterocycles. The predicted octanol–water partition coefficient (Wildman–Crippen LogP) is 3.81. The van der Waals surface area contributed by atoms with E-state index in [0.717, 1.165) is 41.9 Å². The van der Waals surface area contributed by atoms with Gasteiger partial charge in [-0.05, 0) is 54.6 Å². The number of alkyl halides is 3. The van der Waals surface area contributed by atoms with E-state index in [2.05, 4.69) is 15.6 Å². The third-order valence-electron chi connectivity index (χ3n) is 7.15. The van der Waals surface area contributed by atoms with Crippen molar-refractivity contribution in [3.05, 3.63) is 87.3 Å². The summed E-state index contributed by atoms with van der Waals surface area (Å²) < 4.78 is 41.0. The van der Waals surface area contributed by atoms with Gasteiger partial charge in [-0.15, -0.1) is 0 Å². The van der Waals surface area contributed by atoms with Gasteiger partial charge in [-0.1, -0.05) is 23.7 Å². The number of carbonyl (C=O) groups is 1. The van der Waals surface area contributed by atoms with Gasteiger partial charge in [0, 0.05) is 63.4 Å². The van der Waals surface area contributed by atoms with Crippen LogP contribution in [0.1, 0.15) is 27.0 Å². The van der Waals surface area contributed by atoms with Crippen molar-refractivity contribution in [1.82, 2.24) is 30.5 Å². The van der Waals surface area contributed by atoms with Gasteiger partial charge in [0.25, 0.3) is 5.91 Å². The Bertz CT molecular complexity index is 1270. The van der Waals surface area contributed by atoms with Crippen LogP contribution in [0.2, 0.25) is 5.02 Å². The molecule has 0 bridgehead atoms. The summed E-state index contributed by atoms with van der Waals surface area (Å²) in [6, 6.07) is 11.1. The number of carbonyl (C=O) groups excluding carboxylic acids is 1. The standard InChI is InChI=1S/C27H30ClF3N6O/c1-34-11-13-36(14-12-34)26(38)19-5-3-18(4-6-19)23-16-24-25(33-35(23)2)32-9-10-37(24)17-20-15-21(28)7-8-22(20)27(29,30)31/h3-8,15-16,32-33H,9-14,17H2,1-2H3. The molecule has 7 nitrogen and oxygen atoms in total. The van der Waals surface area contributed by atoms with Crippen molar-refractivity contribution in [3.63, 3.8) is 0 Å². The minimum absolute atomic E-state index is 0.0170. The van der Waals surface area contributed by atoms with Crippen molar-refractivity contribution < 1.29 is 18.0 Å². The molecule has 2 aromatic carbocycles. The van der Waals surface area contributed by atoms with E-state index in [9.17, 15) is 18.0 Å². The van der Waals surface area contributed by atoms with Crippen LogP contribution in [0.25, 0.3) is 5.70 Å². The first-order chi connectivity index (χ1) is 18.1. The van der Waals surface area contributed by atoms with Gasteiger partial charge in [-0.3, -0.25) is 15.2 Å². The fourth-order valence-electron chi connectivity index (χ4n) is 4.99. The lowest BCUT2D eigenvalue weighted by Gasteiger charge is -2.40. The van der Waals surface area contributed by atoms with Crippen LogP contribution in [-0.4, -0.2) is 79.0 Å². The molecule has 38 heavy (non-hydrogen) atoms. The number of likely N-dealkylation sites (N-methyl/N-ethyl adjacent to an activating group) is 1. The van der Waals surface area contributed by atoms with Gasteiger partial charge in [-0.25, -0.2) is 0 Å². The molecule has 5 rings (SSSR count). The molecule has 11 heteroatoms. The van der Waals surface area contributed by atoms with Gasteiger partial charge in [0.1, 0.15) is 5.82 Å². The third kappa shape index (κ3) is 5.42. The summed E-state index contributed by atoms with van der Waals surface area (Å²) in [6.07, 6.45) is -2.52. The molecule has 2 N–H and O–H groups in total. The zero-order valence-corrected chi connectivity index (χ0v) is 22.0. The van der Waals surface area contributed by atoms with Crippen molar-refractivity contribution >= 4 is 23.2 Å². The lowest BCUT2D eigenvalue weighted by atomic mass is 10.0. The van der Waals surface area contributed by atoms with Gasteiger partial charge >= 0.3 is 6.18 Å². The quantitative estimate of drug-likeness (QED) is 0.608. The molecule has 0 aromatic heterocycles. The Balaban J connectivity index is 1.39. The van der Waals surface area contributed by atoms with Crippen molar-refractivity contribution in [2.24, 2.45) is 0 Å². The highest BCUT2D eigenvalue weighted by Crippen LogP contribution is 2.35. The maximum Gasteiger partial charge on any atom is 0.416 e. The van der Waals surface area contributed by atoms with Crippen molar-refractivity contribution in [2.45, 2.75) is 12.7 Å². The Kier molecular flexibility index (Phi) is 7.19. The molecule has 1 fully saturated rings. The highest BCUT2D eigenvalue weighted by atomic mass is 35.5. The molecule has 0 saturated carbocycles. The number of benzene rings is 2. The first-order valence-corrected chi connectivity index (χ1v) is 12.9. The van der Waals surface area contributed by atoms with Crippen LogP contribution in [0, 0.1) is 0 Å². The zero-order chi connectivity index (χ0) is 27.0. The summed E-state index contributed by atoms with van der Waals surface area (Å²) in [6.45, 7) is 4.28. The minimum atomic E-state index is -4.47. The smallest absolute Gasteiger partial charge is 0.367 e.